The van der Waals surface area contributed by atoms with Crippen LogP contribution in [0.25, 0.3) is 11.0 Å². The predicted molar refractivity (Wildman–Crippen MR) is 70.3 cm³/mol. The van der Waals surface area contributed by atoms with Gasteiger partial charge >= 0.3 is 0 Å². The Hall–Kier alpha value is -1.69. The molecule has 6 nitrogen and oxygen atoms in total. The van der Waals surface area contributed by atoms with Crippen molar-refractivity contribution in [1.82, 2.24) is 19.7 Å². The van der Waals surface area contributed by atoms with E-state index in [-0.39, 0.29) is 6.10 Å². The monoisotopic (exact) mass is 249 g/mol. The molecule has 2 N–H and O–H groups in total. The molecule has 1 atom stereocenters. The molecule has 2 aromatic heterocycles. The molecule has 18 heavy (non-hydrogen) atoms. The number of nitrogens with zero attached hydrogens (tertiary/aromatic N) is 4. The average Bonchev–Trinajstić information content (AvgIpc) is 2.66. The van der Waals surface area contributed by atoms with Gasteiger partial charge in [0.1, 0.15) is 12.1 Å². The molecule has 1 unspecified atom stereocenters. The molecule has 6 heteroatoms. The van der Waals surface area contributed by atoms with Gasteiger partial charge in [-0.3, -0.25) is 4.68 Å². The second kappa shape index (κ2) is 5.30. The van der Waals surface area contributed by atoms with Crippen molar-refractivity contribution >= 4 is 16.9 Å². The molecule has 0 radical (unpaired) electrons. The Kier molecular flexibility index (Phi) is 3.76. The van der Waals surface area contributed by atoms with Gasteiger partial charge < -0.3 is 10.4 Å². The van der Waals surface area contributed by atoms with Crippen molar-refractivity contribution in [2.45, 2.75) is 26.4 Å². The normalized spacial score (nSPS) is 13.2. The number of aryl methyl sites for hydroxylation is 1. The highest BCUT2D eigenvalue weighted by Crippen LogP contribution is 2.17. The maximum absolute atomic E-state index is 9.83. The Balaban J connectivity index is 2.07. The summed E-state index contributed by atoms with van der Waals surface area (Å²) >= 11 is 0. The van der Waals surface area contributed by atoms with Crippen LogP contribution in [0.15, 0.2) is 12.5 Å². The van der Waals surface area contributed by atoms with Gasteiger partial charge in [0.15, 0.2) is 5.65 Å². The molecule has 98 valence electrons. The van der Waals surface area contributed by atoms with Crippen LogP contribution in [0.2, 0.25) is 0 Å². The van der Waals surface area contributed by atoms with Crippen LogP contribution in [-0.4, -0.2) is 37.5 Å². The van der Waals surface area contributed by atoms with Crippen LogP contribution in [0.1, 0.15) is 20.3 Å². The van der Waals surface area contributed by atoms with Crippen molar-refractivity contribution in [2.75, 3.05) is 11.9 Å². The number of fused-ring (bicyclic) bond motifs is 1. The largest absolute Gasteiger partial charge is 0.391 e. The summed E-state index contributed by atoms with van der Waals surface area (Å²) < 4.78 is 1.70. The Morgan fingerprint density at radius 1 is 1.39 bits per heavy atom. The lowest BCUT2D eigenvalue weighted by molar-refractivity contribution is 0.161. The van der Waals surface area contributed by atoms with E-state index >= 15 is 0 Å². The van der Waals surface area contributed by atoms with Gasteiger partial charge in [-0.2, -0.15) is 5.10 Å². The number of aromatic nitrogens is 4. The van der Waals surface area contributed by atoms with E-state index < -0.39 is 0 Å². The Morgan fingerprint density at radius 2 is 2.17 bits per heavy atom. The van der Waals surface area contributed by atoms with Crippen molar-refractivity contribution < 1.29 is 5.11 Å². The zero-order chi connectivity index (χ0) is 13.1. The maximum Gasteiger partial charge on any atom is 0.186 e. The Labute approximate surface area is 106 Å². The first-order valence-electron chi connectivity index (χ1n) is 6.12. The van der Waals surface area contributed by atoms with Crippen LogP contribution in [0.4, 0.5) is 5.82 Å². The summed E-state index contributed by atoms with van der Waals surface area (Å²) in [6.45, 7) is 4.67. The van der Waals surface area contributed by atoms with Gasteiger partial charge in [0, 0.05) is 19.8 Å². The molecule has 0 fully saturated rings. The van der Waals surface area contributed by atoms with Gasteiger partial charge in [0.05, 0.1) is 11.5 Å². The van der Waals surface area contributed by atoms with Gasteiger partial charge in [0.2, 0.25) is 0 Å². The van der Waals surface area contributed by atoms with Crippen molar-refractivity contribution in [2.24, 2.45) is 13.0 Å². The van der Waals surface area contributed by atoms with Crippen LogP contribution >= 0.6 is 0 Å². The second-order valence-corrected chi connectivity index (χ2v) is 4.93. The van der Waals surface area contributed by atoms with Crippen LogP contribution < -0.4 is 5.32 Å². The van der Waals surface area contributed by atoms with Gasteiger partial charge in [-0.25, -0.2) is 9.97 Å². The van der Waals surface area contributed by atoms with E-state index in [0.717, 1.165) is 17.6 Å². The first-order valence-corrected chi connectivity index (χ1v) is 6.12. The molecule has 0 saturated carbocycles. The van der Waals surface area contributed by atoms with E-state index in [0.29, 0.717) is 18.1 Å². The average molecular weight is 249 g/mol. The number of aliphatic hydroxyl groups excluding tert-OH is 1. The Bertz CT molecular complexity index is 522. The standard InChI is InChI=1S/C12H19N5O/c1-8(2)4-9(18)5-13-11-10-6-17(3)16-12(10)15-7-14-11/h6-9,18H,4-5H2,1-3H3,(H,13,14,15,16). The van der Waals surface area contributed by atoms with Crippen LogP contribution in [0, 0.1) is 5.92 Å². The summed E-state index contributed by atoms with van der Waals surface area (Å²) in [4.78, 5) is 8.28. The van der Waals surface area contributed by atoms with E-state index in [9.17, 15) is 5.11 Å². The molecule has 0 aliphatic heterocycles. The third kappa shape index (κ3) is 2.95. The lowest BCUT2D eigenvalue weighted by Crippen LogP contribution is -2.21. The van der Waals surface area contributed by atoms with E-state index in [2.05, 4.69) is 34.2 Å². The summed E-state index contributed by atoms with van der Waals surface area (Å²) in [5, 5.41) is 18.1. The molecule has 2 rings (SSSR count). The van der Waals surface area contributed by atoms with Gasteiger partial charge in [0.25, 0.3) is 0 Å². The number of rotatable bonds is 5. The summed E-state index contributed by atoms with van der Waals surface area (Å²) in [5.41, 5.74) is 0.661. The van der Waals surface area contributed by atoms with Crippen LogP contribution in [0.5, 0.6) is 0 Å². The quantitative estimate of drug-likeness (QED) is 0.832. The molecular weight excluding hydrogens is 230 g/mol. The third-order valence-electron chi connectivity index (χ3n) is 2.68. The molecule has 0 spiro atoms. The molecule has 0 bridgehead atoms. The lowest BCUT2D eigenvalue weighted by Gasteiger charge is -2.14. The summed E-state index contributed by atoms with van der Waals surface area (Å²) in [5.74, 6) is 1.20. The highest BCUT2D eigenvalue weighted by atomic mass is 16.3. The Morgan fingerprint density at radius 3 is 2.89 bits per heavy atom. The van der Waals surface area contributed by atoms with Gasteiger partial charge in [-0.05, 0) is 12.3 Å². The molecule has 0 aromatic carbocycles. The number of aliphatic hydroxyl groups is 1. The molecule has 0 aliphatic carbocycles. The van der Waals surface area contributed by atoms with Crippen LogP contribution in [-0.2, 0) is 7.05 Å². The second-order valence-electron chi connectivity index (χ2n) is 4.93. The number of hydrogen-bond donors (Lipinski definition) is 2. The number of hydrogen-bond acceptors (Lipinski definition) is 5. The summed E-state index contributed by atoms with van der Waals surface area (Å²) in [6.07, 6.45) is 3.75. The fourth-order valence-corrected chi connectivity index (χ4v) is 1.93. The zero-order valence-electron chi connectivity index (χ0n) is 11.0. The van der Waals surface area contributed by atoms with Crippen molar-refractivity contribution in [3.05, 3.63) is 12.5 Å². The molecule has 0 saturated heterocycles. The smallest absolute Gasteiger partial charge is 0.186 e. The van der Waals surface area contributed by atoms with Crippen LogP contribution in [0.3, 0.4) is 0 Å². The number of nitrogens with one attached hydrogen (secondary N) is 1. The molecular formula is C12H19N5O. The van der Waals surface area contributed by atoms with Crippen molar-refractivity contribution in [3.63, 3.8) is 0 Å². The molecule has 2 aromatic rings. The van der Waals surface area contributed by atoms with Crippen molar-refractivity contribution in [1.29, 1.82) is 0 Å². The zero-order valence-corrected chi connectivity index (χ0v) is 11.0. The highest BCUT2D eigenvalue weighted by Gasteiger charge is 2.10. The van der Waals surface area contributed by atoms with E-state index in [1.807, 2.05) is 13.2 Å². The van der Waals surface area contributed by atoms with Gasteiger partial charge in [-0.1, -0.05) is 13.8 Å². The molecule has 2 heterocycles. The fraction of sp³-hybridized carbons (Fsp3) is 0.583. The van der Waals surface area contributed by atoms with Gasteiger partial charge in [-0.15, -0.1) is 0 Å². The summed E-state index contributed by atoms with van der Waals surface area (Å²) in [7, 11) is 1.85. The topological polar surface area (TPSA) is 75.9 Å². The third-order valence-corrected chi connectivity index (χ3v) is 2.68. The minimum Gasteiger partial charge on any atom is -0.391 e. The summed E-state index contributed by atoms with van der Waals surface area (Å²) in [6, 6.07) is 0. The minimum absolute atomic E-state index is 0.369. The highest BCUT2D eigenvalue weighted by molar-refractivity contribution is 5.85. The van der Waals surface area contributed by atoms with E-state index in [1.165, 1.54) is 6.33 Å². The SMILES string of the molecule is CC(C)CC(O)CNc1ncnc2nn(C)cc12. The molecule has 0 amide bonds. The first-order chi connectivity index (χ1) is 8.56. The van der Waals surface area contributed by atoms with E-state index in [1.54, 1.807) is 4.68 Å². The van der Waals surface area contributed by atoms with Crippen molar-refractivity contribution in [3.8, 4) is 0 Å². The fourth-order valence-electron chi connectivity index (χ4n) is 1.93. The maximum atomic E-state index is 9.83. The lowest BCUT2D eigenvalue weighted by atomic mass is 10.1. The van der Waals surface area contributed by atoms with E-state index in [4.69, 9.17) is 0 Å². The minimum atomic E-state index is -0.369. The predicted octanol–water partition coefficient (Wildman–Crippen LogP) is 1.18. The molecule has 0 aliphatic rings. The first kappa shape index (κ1) is 12.8. The number of anilines is 1.